The Morgan fingerprint density at radius 1 is 1.00 bits per heavy atom. The van der Waals surface area contributed by atoms with E-state index in [0.717, 1.165) is 0 Å². The molecule has 2 amide bonds. The Balaban J connectivity index is 2.01. The summed E-state index contributed by atoms with van der Waals surface area (Å²) in [5.41, 5.74) is 1.07. The first kappa shape index (κ1) is 16.6. The number of hydrogen-bond donors (Lipinski definition) is 3. The summed E-state index contributed by atoms with van der Waals surface area (Å²) in [4.78, 5) is 23.0. The van der Waals surface area contributed by atoms with Crippen molar-refractivity contribution in [1.82, 2.24) is 5.32 Å². The number of carbonyl (C=O) groups excluding carboxylic acids is 2. The summed E-state index contributed by atoms with van der Waals surface area (Å²) in [6, 6.07) is 12.4. The van der Waals surface area contributed by atoms with Gasteiger partial charge in [0.2, 0.25) is 5.91 Å². The quantitative estimate of drug-likeness (QED) is 0.757. The molecule has 0 aromatic heterocycles. The predicted molar refractivity (Wildman–Crippen MR) is 90.8 cm³/mol. The van der Waals surface area contributed by atoms with Crippen molar-refractivity contribution in [3.8, 4) is 0 Å². The van der Waals surface area contributed by atoms with Crippen molar-refractivity contribution in [2.24, 2.45) is 0 Å². The Bertz CT molecular complexity index is 764. The summed E-state index contributed by atoms with van der Waals surface area (Å²) in [5, 5.41) is 7.86. The molecule has 5 nitrogen and oxygen atoms in total. The van der Waals surface area contributed by atoms with Crippen LogP contribution in [-0.4, -0.2) is 16.9 Å². The van der Waals surface area contributed by atoms with Gasteiger partial charge in [0.15, 0.2) is 5.11 Å². The number of nitrogens with one attached hydrogen (secondary N) is 3. The highest BCUT2D eigenvalue weighted by Crippen LogP contribution is 2.15. The molecule has 0 radical (unpaired) electrons. The smallest absolute Gasteiger partial charge is 0.260 e. The first-order chi connectivity index (χ1) is 11.0. The maximum atomic E-state index is 13.5. The molecule has 0 fully saturated rings. The summed E-state index contributed by atoms with van der Waals surface area (Å²) >= 11 is 5.03. The second kappa shape index (κ2) is 7.46. The molecule has 0 aliphatic carbocycles. The lowest BCUT2D eigenvalue weighted by Gasteiger charge is -2.11. The summed E-state index contributed by atoms with van der Waals surface area (Å²) in [6.45, 7) is 1.40. The zero-order valence-corrected chi connectivity index (χ0v) is 13.0. The molecule has 23 heavy (non-hydrogen) atoms. The third-order valence-electron chi connectivity index (χ3n) is 2.79. The first-order valence-corrected chi connectivity index (χ1v) is 7.11. The Kier molecular flexibility index (Phi) is 5.37. The van der Waals surface area contributed by atoms with Gasteiger partial charge in [0.25, 0.3) is 5.91 Å². The number of halogens is 1. The number of anilines is 2. The largest absolute Gasteiger partial charge is 0.332 e. The van der Waals surface area contributed by atoms with Gasteiger partial charge < -0.3 is 10.6 Å². The van der Waals surface area contributed by atoms with Crippen molar-refractivity contribution >= 4 is 40.5 Å². The minimum atomic E-state index is -0.640. The third kappa shape index (κ3) is 4.86. The van der Waals surface area contributed by atoms with Crippen LogP contribution >= 0.6 is 12.2 Å². The fourth-order valence-corrected chi connectivity index (χ4v) is 2.07. The van der Waals surface area contributed by atoms with E-state index in [1.165, 1.54) is 25.1 Å². The zero-order chi connectivity index (χ0) is 16.8. The molecule has 0 aliphatic heterocycles. The fraction of sp³-hybridized carbons (Fsp3) is 0.0625. The van der Waals surface area contributed by atoms with Crippen molar-refractivity contribution in [1.29, 1.82) is 0 Å². The van der Waals surface area contributed by atoms with E-state index < -0.39 is 11.7 Å². The van der Waals surface area contributed by atoms with Crippen LogP contribution in [0.5, 0.6) is 0 Å². The third-order valence-corrected chi connectivity index (χ3v) is 2.99. The van der Waals surface area contributed by atoms with Crippen LogP contribution in [0.2, 0.25) is 0 Å². The standard InChI is InChI=1S/C16H14FN3O2S/c1-10(21)18-11-5-4-6-12(9-11)19-16(23)20-15(22)13-7-2-3-8-14(13)17/h2-9H,1H3,(H,18,21)(H2,19,20,22,23). The van der Waals surface area contributed by atoms with E-state index in [9.17, 15) is 14.0 Å². The Labute approximate surface area is 137 Å². The van der Waals surface area contributed by atoms with E-state index in [1.54, 1.807) is 30.3 Å². The SMILES string of the molecule is CC(=O)Nc1cccc(NC(=S)NC(=O)c2ccccc2F)c1. The van der Waals surface area contributed by atoms with Gasteiger partial charge in [-0.2, -0.15) is 0 Å². The van der Waals surface area contributed by atoms with Crippen LogP contribution < -0.4 is 16.0 Å². The molecule has 0 unspecified atom stereocenters. The Morgan fingerprint density at radius 3 is 2.30 bits per heavy atom. The van der Waals surface area contributed by atoms with Gasteiger partial charge >= 0.3 is 0 Å². The Hall–Kier alpha value is -2.80. The molecule has 0 heterocycles. The van der Waals surface area contributed by atoms with Crippen molar-refractivity contribution in [3.63, 3.8) is 0 Å². The van der Waals surface area contributed by atoms with Crippen LogP contribution in [0.15, 0.2) is 48.5 Å². The van der Waals surface area contributed by atoms with Crippen molar-refractivity contribution in [3.05, 3.63) is 59.9 Å². The first-order valence-electron chi connectivity index (χ1n) is 6.70. The van der Waals surface area contributed by atoms with E-state index in [0.29, 0.717) is 11.4 Å². The summed E-state index contributed by atoms with van der Waals surface area (Å²) < 4.78 is 13.5. The van der Waals surface area contributed by atoms with Crippen LogP contribution in [0.4, 0.5) is 15.8 Å². The normalized spacial score (nSPS) is 9.83. The van der Waals surface area contributed by atoms with Crippen LogP contribution in [0, 0.1) is 5.82 Å². The Morgan fingerprint density at radius 2 is 1.65 bits per heavy atom. The topological polar surface area (TPSA) is 70.2 Å². The van der Waals surface area contributed by atoms with Gasteiger partial charge in [-0.25, -0.2) is 4.39 Å². The minimum Gasteiger partial charge on any atom is -0.332 e. The highest BCUT2D eigenvalue weighted by molar-refractivity contribution is 7.80. The molecule has 0 spiro atoms. The molecule has 118 valence electrons. The summed E-state index contributed by atoms with van der Waals surface area (Å²) in [5.74, 6) is -1.46. The van der Waals surface area contributed by atoms with Crippen molar-refractivity contribution < 1.29 is 14.0 Å². The molecular formula is C16H14FN3O2S. The lowest BCUT2D eigenvalue weighted by atomic mass is 10.2. The van der Waals surface area contributed by atoms with Gasteiger partial charge in [-0.1, -0.05) is 18.2 Å². The van der Waals surface area contributed by atoms with Crippen LogP contribution in [-0.2, 0) is 4.79 Å². The molecule has 2 aromatic rings. The molecule has 7 heteroatoms. The van der Waals surface area contributed by atoms with Crippen molar-refractivity contribution in [2.45, 2.75) is 6.92 Å². The average molecular weight is 331 g/mol. The molecule has 2 rings (SSSR count). The lowest BCUT2D eigenvalue weighted by Crippen LogP contribution is -2.34. The summed E-state index contributed by atoms with van der Waals surface area (Å²) in [7, 11) is 0. The second-order valence-electron chi connectivity index (χ2n) is 4.65. The second-order valence-corrected chi connectivity index (χ2v) is 5.06. The molecule has 2 aromatic carbocycles. The average Bonchev–Trinajstić information content (AvgIpc) is 2.47. The predicted octanol–water partition coefficient (Wildman–Crippen LogP) is 2.91. The molecule has 0 saturated heterocycles. The monoisotopic (exact) mass is 331 g/mol. The molecule has 0 atom stereocenters. The van der Waals surface area contributed by atoms with E-state index >= 15 is 0 Å². The highest BCUT2D eigenvalue weighted by atomic mass is 32.1. The van der Waals surface area contributed by atoms with Crippen LogP contribution in [0.3, 0.4) is 0 Å². The number of benzene rings is 2. The van der Waals surface area contributed by atoms with Crippen molar-refractivity contribution in [2.75, 3.05) is 10.6 Å². The maximum absolute atomic E-state index is 13.5. The van der Waals surface area contributed by atoms with E-state index in [1.807, 2.05) is 0 Å². The van der Waals surface area contributed by atoms with Gasteiger partial charge in [0.1, 0.15) is 5.82 Å². The maximum Gasteiger partial charge on any atom is 0.260 e. The van der Waals surface area contributed by atoms with Gasteiger partial charge in [0, 0.05) is 18.3 Å². The fourth-order valence-electron chi connectivity index (χ4n) is 1.86. The minimum absolute atomic E-state index is 0.0261. The number of thiocarbonyl (C=S) groups is 1. The molecular weight excluding hydrogens is 317 g/mol. The number of hydrogen-bond acceptors (Lipinski definition) is 3. The molecule has 0 aliphatic rings. The number of amides is 2. The van der Waals surface area contributed by atoms with Crippen LogP contribution in [0.25, 0.3) is 0 Å². The van der Waals surface area contributed by atoms with Gasteiger partial charge in [-0.05, 0) is 42.5 Å². The summed E-state index contributed by atoms with van der Waals surface area (Å²) in [6.07, 6.45) is 0. The molecule has 0 bridgehead atoms. The molecule has 0 saturated carbocycles. The number of carbonyl (C=O) groups is 2. The zero-order valence-electron chi connectivity index (χ0n) is 12.2. The van der Waals surface area contributed by atoms with E-state index in [2.05, 4.69) is 16.0 Å². The van der Waals surface area contributed by atoms with Gasteiger partial charge in [-0.15, -0.1) is 0 Å². The lowest BCUT2D eigenvalue weighted by molar-refractivity contribution is -0.114. The van der Waals surface area contributed by atoms with Gasteiger partial charge in [0.05, 0.1) is 5.56 Å². The number of rotatable bonds is 3. The van der Waals surface area contributed by atoms with E-state index in [4.69, 9.17) is 12.2 Å². The van der Waals surface area contributed by atoms with Gasteiger partial charge in [-0.3, -0.25) is 14.9 Å². The highest BCUT2D eigenvalue weighted by Gasteiger charge is 2.12. The molecule has 3 N–H and O–H groups in total. The van der Waals surface area contributed by atoms with Crippen LogP contribution in [0.1, 0.15) is 17.3 Å². The van der Waals surface area contributed by atoms with E-state index in [-0.39, 0.29) is 16.6 Å².